The highest BCUT2D eigenvalue weighted by Crippen LogP contribution is 2.34. The Labute approximate surface area is 146 Å². The van der Waals surface area contributed by atoms with Crippen LogP contribution in [0.15, 0.2) is 42.5 Å². The maximum Gasteiger partial charge on any atom is 0.265 e. The Bertz CT molecular complexity index is 802. The Morgan fingerprint density at radius 3 is 2.64 bits per heavy atom. The molecule has 6 nitrogen and oxygen atoms in total. The minimum atomic E-state index is -0.668. The van der Waals surface area contributed by atoms with Crippen LogP contribution in [-0.2, 0) is 9.59 Å². The Balaban J connectivity index is 1.81. The molecule has 1 unspecified atom stereocenters. The molecule has 1 atom stereocenters. The molecule has 25 heavy (non-hydrogen) atoms. The van der Waals surface area contributed by atoms with Crippen LogP contribution in [0.5, 0.6) is 11.5 Å². The summed E-state index contributed by atoms with van der Waals surface area (Å²) in [7, 11) is 1.58. The lowest BCUT2D eigenvalue weighted by molar-refractivity contribution is -0.125. The van der Waals surface area contributed by atoms with Crippen LogP contribution in [0.25, 0.3) is 0 Å². The quantitative estimate of drug-likeness (QED) is 0.929. The number of benzene rings is 2. The minimum Gasteiger partial charge on any atom is -0.497 e. The molecular weight excluding hydrogens is 320 g/mol. The van der Waals surface area contributed by atoms with Crippen LogP contribution >= 0.6 is 0 Å². The number of nitrogens with one attached hydrogen (secondary N) is 1. The van der Waals surface area contributed by atoms with E-state index >= 15 is 0 Å². The zero-order valence-corrected chi connectivity index (χ0v) is 14.4. The van der Waals surface area contributed by atoms with E-state index in [0.717, 1.165) is 5.56 Å². The van der Waals surface area contributed by atoms with Gasteiger partial charge in [-0.3, -0.25) is 14.5 Å². The number of hydrogen-bond acceptors (Lipinski definition) is 4. The first-order valence-corrected chi connectivity index (χ1v) is 8.00. The van der Waals surface area contributed by atoms with E-state index in [1.807, 2.05) is 25.1 Å². The summed E-state index contributed by atoms with van der Waals surface area (Å²) in [5.74, 6) is 0.802. The summed E-state index contributed by atoms with van der Waals surface area (Å²) in [5, 5.41) is 2.83. The lowest BCUT2D eigenvalue weighted by Crippen LogP contribution is -2.49. The summed E-state index contributed by atoms with van der Waals surface area (Å²) in [6.45, 7) is 3.56. The molecule has 1 aliphatic rings. The Morgan fingerprint density at radius 2 is 1.96 bits per heavy atom. The molecule has 2 amide bonds. The largest absolute Gasteiger partial charge is 0.497 e. The second-order valence-electron chi connectivity index (χ2n) is 5.92. The number of rotatable bonds is 4. The highest BCUT2D eigenvalue weighted by Gasteiger charge is 2.33. The van der Waals surface area contributed by atoms with Crippen molar-refractivity contribution in [1.82, 2.24) is 0 Å². The third-order valence-electron chi connectivity index (χ3n) is 4.12. The van der Waals surface area contributed by atoms with E-state index in [2.05, 4.69) is 5.32 Å². The van der Waals surface area contributed by atoms with Crippen molar-refractivity contribution >= 4 is 23.2 Å². The maximum absolute atomic E-state index is 12.6. The van der Waals surface area contributed by atoms with Crippen molar-refractivity contribution in [1.29, 1.82) is 0 Å². The van der Waals surface area contributed by atoms with Crippen molar-refractivity contribution in [2.24, 2.45) is 0 Å². The molecule has 6 heteroatoms. The van der Waals surface area contributed by atoms with Gasteiger partial charge in [0.1, 0.15) is 17.5 Å². The summed E-state index contributed by atoms with van der Waals surface area (Å²) in [6.07, 6.45) is 0. The summed E-state index contributed by atoms with van der Waals surface area (Å²) < 4.78 is 10.6. The van der Waals surface area contributed by atoms with Gasteiger partial charge in [-0.05, 0) is 55.8 Å². The normalized spacial score (nSPS) is 14.4. The first-order chi connectivity index (χ1) is 12.0. The monoisotopic (exact) mass is 340 g/mol. The number of hydrogen-bond donors (Lipinski definition) is 1. The number of carbonyl (C=O) groups excluding carboxylic acids is 2. The number of amides is 2. The van der Waals surface area contributed by atoms with E-state index in [1.165, 1.54) is 4.90 Å². The van der Waals surface area contributed by atoms with Crippen LogP contribution in [0.1, 0.15) is 12.5 Å². The first kappa shape index (κ1) is 16.8. The number of carbonyl (C=O) groups is 2. The summed E-state index contributed by atoms with van der Waals surface area (Å²) in [6, 6.07) is 11.9. The predicted molar refractivity (Wildman–Crippen MR) is 95.2 cm³/mol. The van der Waals surface area contributed by atoms with Crippen LogP contribution in [0.2, 0.25) is 0 Å². The SMILES string of the molecule is COc1ccc(NC(=O)C(C)N2C(=O)COc3ccc(C)cc32)cc1. The predicted octanol–water partition coefficient (Wildman–Crippen LogP) is 2.76. The molecule has 1 N–H and O–H groups in total. The molecule has 130 valence electrons. The van der Waals surface area contributed by atoms with Crippen LogP contribution in [0, 0.1) is 6.92 Å². The van der Waals surface area contributed by atoms with Gasteiger partial charge in [0.15, 0.2) is 6.61 Å². The number of anilines is 2. The van der Waals surface area contributed by atoms with E-state index in [4.69, 9.17) is 9.47 Å². The zero-order valence-electron chi connectivity index (χ0n) is 14.4. The number of ether oxygens (including phenoxy) is 2. The fourth-order valence-corrected chi connectivity index (χ4v) is 2.74. The van der Waals surface area contributed by atoms with Gasteiger partial charge in [-0.25, -0.2) is 0 Å². The lowest BCUT2D eigenvalue weighted by atomic mass is 10.1. The van der Waals surface area contributed by atoms with Gasteiger partial charge >= 0.3 is 0 Å². The zero-order chi connectivity index (χ0) is 18.0. The molecule has 0 aromatic heterocycles. The van der Waals surface area contributed by atoms with Crippen LogP contribution < -0.4 is 19.7 Å². The van der Waals surface area contributed by atoms with Gasteiger partial charge in [-0.1, -0.05) is 6.07 Å². The van der Waals surface area contributed by atoms with E-state index in [0.29, 0.717) is 22.9 Å². The van der Waals surface area contributed by atoms with Gasteiger partial charge in [0, 0.05) is 5.69 Å². The summed E-state index contributed by atoms with van der Waals surface area (Å²) in [4.78, 5) is 26.5. The van der Waals surface area contributed by atoms with Crippen LogP contribution in [0.3, 0.4) is 0 Å². The van der Waals surface area contributed by atoms with Crippen LogP contribution in [-0.4, -0.2) is 31.6 Å². The first-order valence-electron chi connectivity index (χ1n) is 8.00. The smallest absolute Gasteiger partial charge is 0.265 e. The van der Waals surface area contributed by atoms with Gasteiger partial charge < -0.3 is 14.8 Å². The molecule has 0 aliphatic carbocycles. The third kappa shape index (κ3) is 3.42. The fraction of sp³-hybridized carbons (Fsp3) is 0.263. The Morgan fingerprint density at radius 1 is 1.24 bits per heavy atom. The highest BCUT2D eigenvalue weighted by molar-refractivity contribution is 6.06. The molecule has 0 bridgehead atoms. The molecule has 0 fully saturated rings. The molecule has 0 radical (unpaired) electrons. The molecule has 3 rings (SSSR count). The molecule has 0 saturated carbocycles. The molecular formula is C19H20N2O4. The van der Waals surface area contributed by atoms with E-state index in [9.17, 15) is 9.59 Å². The second-order valence-corrected chi connectivity index (χ2v) is 5.92. The van der Waals surface area contributed by atoms with Crippen molar-refractivity contribution in [3.8, 4) is 11.5 Å². The molecule has 0 spiro atoms. The number of nitrogens with zero attached hydrogens (tertiary/aromatic N) is 1. The van der Waals surface area contributed by atoms with Gasteiger partial charge in [0.2, 0.25) is 5.91 Å². The Kier molecular flexibility index (Phi) is 4.61. The number of aryl methyl sites for hydroxylation is 1. The average molecular weight is 340 g/mol. The van der Waals surface area contributed by atoms with Crippen molar-refractivity contribution in [2.75, 3.05) is 23.9 Å². The number of fused-ring (bicyclic) bond motifs is 1. The van der Waals surface area contributed by atoms with Gasteiger partial charge in [-0.2, -0.15) is 0 Å². The van der Waals surface area contributed by atoms with Gasteiger partial charge in [0.25, 0.3) is 5.91 Å². The van der Waals surface area contributed by atoms with E-state index in [-0.39, 0.29) is 18.4 Å². The lowest BCUT2D eigenvalue weighted by Gasteiger charge is -2.33. The average Bonchev–Trinajstić information content (AvgIpc) is 2.61. The molecule has 2 aromatic rings. The van der Waals surface area contributed by atoms with E-state index in [1.54, 1.807) is 38.3 Å². The van der Waals surface area contributed by atoms with Crippen LogP contribution in [0.4, 0.5) is 11.4 Å². The summed E-state index contributed by atoms with van der Waals surface area (Å²) in [5.41, 5.74) is 2.25. The topological polar surface area (TPSA) is 67.9 Å². The second kappa shape index (κ2) is 6.84. The van der Waals surface area contributed by atoms with Crippen molar-refractivity contribution in [3.63, 3.8) is 0 Å². The molecule has 1 aliphatic heterocycles. The van der Waals surface area contributed by atoms with Crippen molar-refractivity contribution in [3.05, 3.63) is 48.0 Å². The molecule has 2 aromatic carbocycles. The summed E-state index contributed by atoms with van der Waals surface area (Å²) >= 11 is 0. The fourth-order valence-electron chi connectivity index (χ4n) is 2.74. The minimum absolute atomic E-state index is 0.0732. The standard InChI is InChI=1S/C19H20N2O4/c1-12-4-9-17-16(10-12)21(18(22)11-25-17)13(2)19(23)20-14-5-7-15(24-3)8-6-14/h4-10,13H,11H2,1-3H3,(H,20,23). The maximum atomic E-state index is 12.6. The van der Waals surface area contributed by atoms with Gasteiger partial charge in [0.05, 0.1) is 12.8 Å². The molecule has 0 saturated heterocycles. The molecule has 1 heterocycles. The van der Waals surface area contributed by atoms with E-state index < -0.39 is 6.04 Å². The number of methoxy groups -OCH3 is 1. The third-order valence-corrected chi connectivity index (χ3v) is 4.12. The van der Waals surface area contributed by atoms with Crippen molar-refractivity contribution < 1.29 is 19.1 Å². The Hall–Kier alpha value is -3.02. The van der Waals surface area contributed by atoms with Gasteiger partial charge in [-0.15, -0.1) is 0 Å². The van der Waals surface area contributed by atoms with Crippen molar-refractivity contribution in [2.45, 2.75) is 19.9 Å². The highest BCUT2D eigenvalue weighted by atomic mass is 16.5.